The Labute approximate surface area is 67.3 Å². The van der Waals surface area contributed by atoms with Crippen molar-refractivity contribution in [2.75, 3.05) is 13.1 Å². The molecule has 0 saturated carbocycles. The van der Waals surface area contributed by atoms with Crippen LogP contribution in [0.4, 0.5) is 14.1 Å². The van der Waals surface area contributed by atoms with E-state index in [1.54, 1.807) is 0 Å². The summed E-state index contributed by atoms with van der Waals surface area (Å²) >= 11 is -0.750. The lowest BCUT2D eigenvalue weighted by Gasteiger charge is -1.86. The maximum absolute atomic E-state index is 8.29. The van der Waals surface area contributed by atoms with Crippen molar-refractivity contribution < 1.29 is 22.5 Å². The van der Waals surface area contributed by atoms with E-state index < -0.39 is 11.6 Å². The molecule has 0 aliphatic heterocycles. The molecule has 0 aliphatic rings. The average Bonchev–Trinajstić information content (AvgIpc) is 1.71. The second kappa shape index (κ2) is 55.1. The fraction of sp³-hybridized carbons (Fsp3) is 1.00. The fourth-order valence-electron chi connectivity index (χ4n) is 0.250. The lowest BCUT2D eigenvalue weighted by Crippen LogP contribution is -2.09. The monoisotopic (exact) mass is 197 g/mol. The highest BCUT2D eigenvalue weighted by atomic mass is 32.1. The van der Waals surface area contributed by atoms with E-state index in [4.69, 9.17) is 8.42 Å². The van der Waals surface area contributed by atoms with Gasteiger partial charge in [-0.1, -0.05) is 13.8 Å². The Bertz CT molecular complexity index is 68.4. The van der Waals surface area contributed by atoms with Gasteiger partial charge < -0.3 is 5.32 Å². The first-order valence-corrected chi connectivity index (χ1v) is 3.12. The number of nitrogens with one attached hydrogen (secondary N) is 1. The minimum Gasteiger partial charge on any atom is -0.317 e. The van der Waals surface area contributed by atoms with Crippen molar-refractivity contribution in [1.29, 1.82) is 0 Å². The first-order chi connectivity index (χ1) is 3.83. The zero-order valence-corrected chi connectivity index (χ0v) is 7.18. The van der Waals surface area contributed by atoms with E-state index in [2.05, 4.69) is 19.2 Å². The topological polar surface area (TPSA) is 46.2 Å². The van der Waals surface area contributed by atoms with E-state index in [9.17, 15) is 0 Å². The summed E-state index contributed by atoms with van der Waals surface area (Å²) < 4.78 is 16.6. The standard InChI is InChI=1S/C4H11N.3FH.O2S/c1-3-5-4-2;;;;1-3-2/h5H,3-4H2,1-2H3;3*1H;. The molecule has 0 atom stereocenters. The van der Waals surface area contributed by atoms with Crippen LogP contribution in [0, 0.1) is 0 Å². The Kier molecular flexibility index (Phi) is 156. The summed E-state index contributed by atoms with van der Waals surface area (Å²) in [7, 11) is 0. The summed E-state index contributed by atoms with van der Waals surface area (Å²) in [5, 5.41) is 3.11. The lowest BCUT2D eigenvalue weighted by atomic mass is 10.7. The van der Waals surface area contributed by atoms with Gasteiger partial charge in [0.25, 0.3) is 0 Å². The molecule has 0 aromatic rings. The molecule has 74 valence electrons. The van der Waals surface area contributed by atoms with Crippen LogP contribution in [0.2, 0.25) is 0 Å². The molecule has 0 radical (unpaired) electrons. The third-order valence-electron chi connectivity index (χ3n) is 0.500. The molecule has 3 nitrogen and oxygen atoms in total. The van der Waals surface area contributed by atoms with Gasteiger partial charge in [-0.25, -0.2) is 0 Å². The first kappa shape index (κ1) is 31.2. The molecule has 0 aliphatic carbocycles. The van der Waals surface area contributed by atoms with Gasteiger partial charge in [0.1, 0.15) is 0 Å². The Balaban J connectivity index is -0.0000000183. The van der Waals surface area contributed by atoms with Crippen LogP contribution in [-0.4, -0.2) is 21.5 Å². The normalized spacial score (nSPS) is 4.91. The van der Waals surface area contributed by atoms with Crippen LogP contribution in [0.25, 0.3) is 0 Å². The summed E-state index contributed by atoms with van der Waals surface area (Å²) in [6.07, 6.45) is 0. The molecule has 11 heavy (non-hydrogen) atoms. The number of hydrogen-bond acceptors (Lipinski definition) is 3. The molecule has 0 heterocycles. The van der Waals surface area contributed by atoms with E-state index in [0.29, 0.717) is 0 Å². The maximum Gasteiger partial charge on any atom is 0.335 e. The van der Waals surface area contributed by atoms with Gasteiger partial charge in [0.05, 0.1) is 0 Å². The zero-order chi connectivity index (χ0) is 6.83. The number of rotatable bonds is 2. The average molecular weight is 197 g/mol. The van der Waals surface area contributed by atoms with Crippen molar-refractivity contribution >= 4 is 11.6 Å². The molecule has 0 saturated heterocycles. The summed E-state index contributed by atoms with van der Waals surface area (Å²) in [5.41, 5.74) is 0. The van der Waals surface area contributed by atoms with Gasteiger partial charge in [-0.2, -0.15) is 8.42 Å². The van der Waals surface area contributed by atoms with Crippen molar-refractivity contribution in [2.45, 2.75) is 13.8 Å². The highest BCUT2D eigenvalue weighted by molar-refractivity contribution is 7.51. The first-order valence-electron chi connectivity index (χ1n) is 2.45. The molecule has 0 bridgehead atoms. The molecule has 0 aromatic heterocycles. The SMILES string of the molecule is CCNCC.F.F.F.O=S=O. The Hall–Kier alpha value is -0.430. The molecule has 0 unspecified atom stereocenters. The van der Waals surface area contributed by atoms with Crippen molar-refractivity contribution in [3.05, 3.63) is 0 Å². The van der Waals surface area contributed by atoms with Crippen LogP contribution in [0.1, 0.15) is 13.8 Å². The van der Waals surface area contributed by atoms with Gasteiger partial charge in [0, 0.05) is 0 Å². The van der Waals surface area contributed by atoms with E-state index in [0.717, 1.165) is 13.1 Å². The third-order valence-corrected chi connectivity index (χ3v) is 0.500. The van der Waals surface area contributed by atoms with Crippen molar-refractivity contribution in [1.82, 2.24) is 5.32 Å². The van der Waals surface area contributed by atoms with Gasteiger partial charge in [-0.05, 0) is 13.1 Å². The zero-order valence-electron chi connectivity index (χ0n) is 6.36. The molecule has 0 amide bonds. The van der Waals surface area contributed by atoms with Crippen molar-refractivity contribution in [3.8, 4) is 0 Å². The predicted molar refractivity (Wildman–Crippen MR) is 40.6 cm³/mol. The summed E-state index contributed by atoms with van der Waals surface area (Å²) in [4.78, 5) is 0. The molecule has 0 rings (SSSR count). The van der Waals surface area contributed by atoms with E-state index >= 15 is 0 Å². The second-order valence-corrected chi connectivity index (χ2v) is 1.16. The van der Waals surface area contributed by atoms with Gasteiger partial charge in [0.2, 0.25) is 0 Å². The van der Waals surface area contributed by atoms with Crippen LogP contribution in [0.3, 0.4) is 0 Å². The molecule has 0 aromatic carbocycles. The highest BCUT2D eigenvalue weighted by Crippen LogP contribution is 1.47. The van der Waals surface area contributed by atoms with Gasteiger partial charge in [-0.15, -0.1) is 0 Å². The van der Waals surface area contributed by atoms with Crippen LogP contribution in [-0.2, 0) is 11.6 Å². The van der Waals surface area contributed by atoms with E-state index in [-0.39, 0.29) is 14.1 Å². The fourth-order valence-corrected chi connectivity index (χ4v) is 0.250. The minimum atomic E-state index is -0.750. The predicted octanol–water partition coefficient (Wildman–Crippen LogP) is 0.403. The quantitative estimate of drug-likeness (QED) is 0.697. The summed E-state index contributed by atoms with van der Waals surface area (Å²) in [6, 6.07) is 0. The highest BCUT2D eigenvalue weighted by Gasteiger charge is 1.62. The maximum atomic E-state index is 8.29. The third kappa shape index (κ3) is 222. The summed E-state index contributed by atoms with van der Waals surface area (Å²) in [5.74, 6) is 0. The summed E-state index contributed by atoms with van der Waals surface area (Å²) in [6.45, 7) is 6.39. The Morgan fingerprint density at radius 3 is 1.18 bits per heavy atom. The number of hydrogen-bond donors (Lipinski definition) is 1. The molecule has 7 heteroatoms. The Morgan fingerprint density at radius 2 is 1.18 bits per heavy atom. The number of halogens is 3. The van der Waals surface area contributed by atoms with E-state index in [1.165, 1.54) is 0 Å². The van der Waals surface area contributed by atoms with Crippen LogP contribution in [0.5, 0.6) is 0 Å². The largest absolute Gasteiger partial charge is 0.335 e. The second-order valence-electron chi connectivity index (χ2n) is 1.03. The van der Waals surface area contributed by atoms with Crippen LogP contribution >= 0.6 is 0 Å². The molecule has 0 fully saturated rings. The minimum absolute atomic E-state index is 0. The molecule has 1 N–H and O–H groups in total. The lowest BCUT2D eigenvalue weighted by molar-refractivity contribution is 0.630. The molecular weight excluding hydrogens is 183 g/mol. The Morgan fingerprint density at radius 1 is 1.00 bits per heavy atom. The van der Waals surface area contributed by atoms with Crippen LogP contribution in [0.15, 0.2) is 0 Å². The molecular formula is C4H14F3NO2S. The van der Waals surface area contributed by atoms with Crippen molar-refractivity contribution in [3.63, 3.8) is 0 Å². The van der Waals surface area contributed by atoms with Gasteiger partial charge in [0.15, 0.2) is 0 Å². The molecule has 0 spiro atoms. The van der Waals surface area contributed by atoms with E-state index in [1.807, 2.05) is 0 Å². The smallest absolute Gasteiger partial charge is 0.317 e. The van der Waals surface area contributed by atoms with Crippen molar-refractivity contribution in [2.24, 2.45) is 0 Å². The van der Waals surface area contributed by atoms with Gasteiger partial charge >= 0.3 is 11.6 Å². The van der Waals surface area contributed by atoms with Crippen LogP contribution < -0.4 is 5.32 Å². The van der Waals surface area contributed by atoms with Gasteiger partial charge in [-0.3, -0.25) is 14.1 Å².